The van der Waals surface area contributed by atoms with Crippen molar-refractivity contribution >= 4 is 11.9 Å². The Morgan fingerprint density at radius 3 is 2.18 bits per heavy atom. The van der Waals surface area contributed by atoms with Crippen molar-refractivity contribution in [2.24, 2.45) is 0 Å². The SMILES string of the molecule is CCCC/C=C/C(C(=O)OC)=C(\C)C(=O)OC. The van der Waals surface area contributed by atoms with E-state index in [4.69, 9.17) is 0 Å². The van der Waals surface area contributed by atoms with Crippen LogP contribution >= 0.6 is 0 Å². The molecule has 0 aliphatic carbocycles. The first kappa shape index (κ1) is 15.4. The molecule has 0 aromatic heterocycles. The molecule has 0 amide bonds. The van der Waals surface area contributed by atoms with Crippen LogP contribution < -0.4 is 0 Å². The summed E-state index contributed by atoms with van der Waals surface area (Å²) in [5, 5.41) is 0. The lowest BCUT2D eigenvalue weighted by molar-refractivity contribution is -0.139. The number of carbonyl (C=O) groups is 2. The average molecular weight is 240 g/mol. The molecule has 0 bridgehead atoms. The van der Waals surface area contributed by atoms with Gasteiger partial charge in [0.15, 0.2) is 0 Å². The van der Waals surface area contributed by atoms with Crippen LogP contribution in [0.2, 0.25) is 0 Å². The quantitative estimate of drug-likeness (QED) is 0.309. The number of unbranched alkanes of at least 4 members (excludes halogenated alkanes) is 2. The number of allylic oxidation sites excluding steroid dienone is 1. The summed E-state index contributed by atoms with van der Waals surface area (Å²) in [6, 6.07) is 0. The highest BCUT2D eigenvalue weighted by atomic mass is 16.5. The van der Waals surface area contributed by atoms with Crippen molar-refractivity contribution in [1.82, 2.24) is 0 Å². The summed E-state index contributed by atoms with van der Waals surface area (Å²) < 4.78 is 9.21. The topological polar surface area (TPSA) is 52.6 Å². The van der Waals surface area contributed by atoms with E-state index >= 15 is 0 Å². The van der Waals surface area contributed by atoms with Crippen LogP contribution in [-0.4, -0.2) is 26.2 Å². The summed E-state index contributed by atoms with van der Waals surface area (Å²) in [5.41, 5.74) is 0.502. The van der Waals surface area contributed by atoms with E-state index in [1.807, 2.05) is 6.08 Å². The Kier molecular flexibility index (Phi) is 7.76. The van der Waals surface area contributed by atoms with Crippen LogP contribution in [0.5, 0.6) is 0 Å². The smallest absolute Gasteiger partial charge is 0.338 e. The number of esters is 2. The van der Waals surface area contributed by atoms with E-state index in [9.17, 15) is 9.59 Å². The van der Waals surface area contributed by atoms with Crippen LogP contribution in [0.25, 0.3) is 0 Å². The second kappa shape index (κ2) is 8.56. The minimum absolute atomic E-state index is 0.246. The lowest BCUT2D eigenvalue weighted by Crippen LogP contribution is -2.11. The maximum absolute atomic E-state index is 11.5. The lowest BCUT2D eigenvalue weighted by Gasteiger charge is -2.05. The molecule has 0 aromatic carbocycles. The first-order chi connectivity index (χ1) is 8.08. The third kappa shape index (κ3) is 5.33. The van der Waals surface area contributed by atoms with E-state index in [1.54, 1.807) is 13.0 Å². The molecule has 0 radical (unpaired) electrons. The van der Waals surface area contributed by atoms with Crippen molar-refractivity contribution < 1.29 is 19.1 Å². The molecule has 0 heterocycles. The summed E-state index contributed by atoms with van der Waals surface area (Å²) in [7, 11) is 2.56. The Morgan fingerprint density at radius 2 is 1.71 bits per heavy atom. The minimum atomic E-state index is -0.527. The van der Waals surface area contributed by atoms with Gasteiger partial charge in [-0.1, -0.05) is 31.9 Å². The van der Waals surface area contributed by atoms with Crippen LogP contribution in [-0.2, 0) is 19.1 Å². The molecule has 4 nitrogen and oxygen atoms in total. The van der Waals surface area contributed by atoms with Crippen molar-refractivity contribution in [3.8, 4) is 0 Å². The van der Waals surface area contributed by atoms with Crippen LogP contribution in [0.1, 0.15) is 33.1 Å². The number of hydrogen-bond donors (Lipinski definition) is 0. The van der Waals surface area contributed by atoms with Gasteiger partial charge in [0.05, 0.1) is 19.8 Å². The van der Waals surface area contributed by atoms with Crippen molar-refractivity contribution in [1.29, 1.82) is 0 Å². The second-order valence-corrected chi connectivity index (χ2v) is 3.57. The monoisotopic (exact) mass is 240 g/mol. The molecule has 17 heavy (non-hydrogen) atoms. The van der Waals surface area contributed by atoms with E-state index in [1.165, 1.54) is 14.2 Å². The molecule has 0 saturated carbocycles. The fourth-order valence-electron chi connectivity index (χ4n) is 1.24. The van der Waals surface area contributed by atoms with Crippen molar-refractivity contribution in [3.63, 3.8) is 0 Å². The molecule has 0 spiro atoms. The molecule has 0 atom stereocenters. The third-order valence-electron chi connectivity index (χ3n) is 2.31. The summed E-state index contributed by atoms with van der Waals surface area (Å²) in [4.78, 5) is 22.8. The fourth-order valence-corrected chi connectivity index (χ4v) is 1.24. The molecule has 0 aliphatic rings. The molecule has 0 aliphatic heterocycles. The molecule has 4 heteroatoms. The first-order valence-electron chi connectivity index (χ1n) is 5.62. The first-order valence-corrected chi connectivity index (χ1v) is 5.62. The van der Waals surface area contributed by atoms with Gasteiger partial charge in [-0.25, -0.2) is 9.59 Å². The van der Waals surface area contributed by atoms with Crippen molar-refractivity contribution in [2.75, 3.05) is 14.2 Å². The molecule has 0 N–H and O–H groups in total. The molecule has 0 saturated heterocycles. The van der Waals surface area contributed by atoms with E-state index in [-0.39, 0.29) is 11.1 Å². The summed E-state index contributed by atoms with van der Waals surface area (Å²) >= 11 is 0. The van der Waals surface area contributed by atoms with Gasteiger partial charge in [-0.2, -0.15) is 0 Å². The van der Waals surface area contributed by atoms with Gasteiger partial charge in [-0.15, -0.1) is 0 Å². The maximum Gasteiger partial charge on any atom is 0.338 e. The predicted octanol–water partition coefficient (Wildman–Crippen LogP) is 2.40. The van der Waals surface area contributed by atoms with E-state index < -0.39 is 11.9 Å². The van der Waals surface area contributed by atoms with Crippen LogP contribution in [0.4, 0.5) is 0 Å². The normalized spacial score (nSPS) is 12.2. The minimum Gasteiger partial charge on any atom is -0.466 e. The van der Waals surface area contributed by atoms with E-state index in [0.29, 0.717) is 0 Å². The van der Waals surface area contributed by atoms with Gasteiger partial charge < -0.3 is 9.47 Å². The van der Waals surface area contributed by atoms with Crippen molar-refractivity contribution in [2.45, 2.75) is 33.1 Å². The maximum atomic E-state index is 11.5. The van der Waals surface area contributed by atoms with Gasteiger partial charge in [0.25, 0.3) is 0 Å². The fraction of sp³-hybridized carbons (Fsp3) is 0.538. The average Bonchev–Trinajstić information content (AvgIpc) is 2.36. The number of carbonyl (C=O) groups excluding carboxylic acids is 2. The van der Waals surface area contributed by atoms with Gasteiger partial charge in [0.2, 0.25) is 0 Å². The molecular formula is C13H20O4. The molecule has 0 unspecified atom stereocenters. The predicted molar refractivity (Wildman–Crippen MR) is 65.4 cm³/mol. The highest BCUT2D eigenvalue weighted by molar-refractivity contribution is 6.01. The van der Waals surface area contributed by atoms with Crippen LogP contribution in [0, 0.1) is 0 Å². The number of hydrogen-bond acceptors (Lipinski definition) is 4. The number of methoxy groups -OCH3 is 2. The summed E-state index contributed by atoms with van der Waals surface area (Å²) in [5.74, 6) is -1.05. The standard InChI is InChI=1S/C13H20O4/c1-5-6-7-8-9-11(13(15)17-4)10(2)12(14)16-3/h8-9H,5-7H2,1-4H3/b9-8+,11-10-. The summed E-state index contributed by atoms with van der Waals surface area (Å²) in [6.45, 7) is 3.63. The summed E-state index contributed by atoms with van der Waals surface area (Å²) in [6.07, 6.45) is 6.47. The number of ether oxygens (including phenoxy) is 2. The van der Waals surface area contributed by atoms with Crippen LogP contribution in [0.3, 0.4) is 0 Å². The zero-order valence-electron chi connectivity index (χ0n) is 10.9. The largest absolute Gasteiger partial charge is 0.466 e. The third-order valence-corrected chi connectivity index (χ3v) is 2.31. The van der Waals surface area contributed by atoms with Crippen molar-refractivity contribution in [3.05, 3.63) is 23.3 Å². The Labute approximate surface area is 102 Å². The molecule has 96 valence electrons. The Bertz CT molecular complexity index is 326. The highest BCUT2D eigenvalue weighted by Crippen LogP contribution is 2.11. The molecule has 0 aromatic rings. The van der Waals surface area contributed by atoms with Gasteiger partial charge in [0, 0.05) is 5.57 Å². The van der Waals surface area contributed by atoms with Gasteiger partial charge >= 0.3 is 11.9 Å². The van der Waals surface area contributed by atoms with Gasteiger partial charge in [0.1, 0.15) is 0 Å². The second-order valence-electron chi connectivity index (χ2n) is 3.57. The van der Waals surface area contributed by atoms with E-state index in [2.05, 4.69) is 16.4 Å². The molecular weight excluding hydrogens is 220 g/mol. The highest BCUT2D eigenvalue weighted by Gasteiger charge is 2.15. The molecule has 0 fully saturated rings. The zero-order valence-corrected chi connectivity index (χ0v) is 10.9. The van der Waals surface area contributed by atoms with Gasteiger partial charge in [-0.05, 0) is 13.3 Å². The lowest BCUT2D eigenvalue weighted by atomic mass is 10.1. The zero-order chi connectivity index (χ0) is 13.3. The van der Waals surface area contributed by atoms with Crippen LogP contribution in [0.15, 0.2) is 23.3 Å². The van der Waals surface area contributed by atoms with E-state index in [0.717, 1.165) is 19.3 Å². The Balaban J connectivity index is 4.94. The number of rotatable bonds is 6. The Morgan fingerprint density at radius 1 is 1.12 bits per heavy atom. The Hall–Kier alpha value is -1.58. The molecule has 0 rings (SSSR count). The van der Waals surface area contributed by atoms with Gasteiger partial charge in [-0.3, -0.25) is 0 Å².